The van der Waals surface area contributed by atoms with E-state index in [1.54, 1.807) is 0 Å². The molecule has 3 N–H and O–H groups in total. The van der Waals surface area contributed by atoms with Crippen LogP contribution in [0.2, 0.25) is 0 Å². The fourth-order valence-corrected chi connectivity index (χ4v) is 1.81. The molecule has 1 aromatic carbocycles. The highest BCUT2D eigenvalue weighted by Gasteiger charge is 2.29. The van der Waals surface area contributed by atoms with Crippen molar-refractivity contribution < 1.29 is 13.2 Å². The highest BCUT2D eigenvalue weighted by atomic mass is 19.4. The van der Waals surface area contributed by atoms with Crippen LogP contribution in [0.4, 0.5) is 30.5 Å². The molecule has 4 nitrogen and oxygen atoms in total. The van der Waals surface area contributed by atoms with E-state index in [2.05, 4.69) is 15.3 Å². The summed E-state index contributed by atoms with van der Waals surface area (Å²) >= 11 is 0. The van der Waals surface area contributed by atoms with Crippen molar-refractivity contribution in [3.05, 3.63) is 41.7 Å². The van der Waals surface area contributed by atoms with Gasteiger partial charge in [-0.05, 0) is 30.7 Å². The minimum Gasteiger partial charge on any atom is -0.384 e. The molecule has 21 heavy (non-hydrogen) atoms. The van der Waals surface area contributed by atoms with E-state index < -0.39 is 11.7 Å². The van der Waals surface area contributed by atoms with Crippen LogP contribution < -0.4 is 11.1 Å². The van der Waals surface area contributed by atoms with E-state index in [1.807, 2.05) is 6.92 Å². The van der Waals surface area contributed by atoms with Gasteiger partial charge >= 0.3 is 6.18 Å². The molecular weight excluding hydrogens is 281 g/mol. The molecule has 0 fully saturated rings. The van der Waals surface area contributed by atoms with Crippen LogP contribution in [0.5, 0.6) is 0 Å². The first kappa shape index (κ1) is 15.1. The Labute approximate surface area is 120 Å². The van der Waals surface area contributed by atoms with Crippen molar-refractivity contribution in [3.8, 4) is 0 Å². The first-order valence-electron chi connectivity index (χ1n) is 6.46. The highest BCUT2D eigenvalue weighted by Crippen LogP contribution is 2.30. The minimum absolute atomic E-state index is 0.322. The summed E-state index contributed by atoms with van der Waals surface area (Å²) in [6.45, 7) is 2.00. The number of nitrogen functional groups attached to an aromatic ring is 1. The van der Waals surface area contributed by atoms with Crippen molar-refractivity contribution in [2.75, 3.05) is 11.1 Å². The van der Waals surface area contributed by atoms with Gasteiger partial charge in [0.15, 0.2) is 0 Å². The minimum atomic E-state index is -4.34. The van der Waals surface area contributed by atoms with E-state index in [0.29, 0.717) is 29.6 Å². The van der Waals surface area contributed by atoms with Gasteiger partial charge in [-0.1, -0.05) is 6.92 Å². The zero-order valence-electron chi connectivity index (χ0n) is 11.4. The summed E-state index contributed by atoms with van der Waals surface area (Å²) in [6.07, 6.45) is -2.78. The molecule has 1 aromatic heterocycles. The third-order valence-corrected chi connectivity index (χ3v) is 2.75. The van der Waals surface area contributed by atoms with Gasteiger partial charge in [0.2, 0.25) is 0 Å². The molecule has 0 unspecified atom stereocenters. The van der Waals surface area contributed by atoms with Gasteiger partial charge in [0.25, 0.3) is 0 Å². The molecule has 0 aliphatic heterocycles. The van der Waals surface area contributed by atoms with Crippen molar-refractivity contribution >= 4 is 17.3 Å². The number of nitrogens with one attached hydrogen (secondary N) is 1. The molecule has 112 valence electrons. The third kappa shape index (κ3) is 4.08. The summed E-state index contributed by atoms with van der Waals surface area (Å²) in [4.78, 5) is 8.35. The van der Waals surface area contributed by atoms with Crippen LogP contribution in [0.3, 0.4) is 0 Å². The Bertz CT molecular complexity index is 609. The molecule has 0 amide bonds. The van der Waals surface area contributed by atoms with Gasteiger partial charge in [0.05, 0.1) is 5.56 Å². The number of nitrogens with zero attached hydrogens (tertiary/aromatic N) is 2. The summed E-state index contributed by atoms with van der Waals surface area (Å²) in [5, 5.41) is 2.92. The summed E-state index contributed by atoms with van der Waals surface area (Å²) in [6, 6.07) is 6.26. The lowest BCUT2D eigenvalue weighted by atomic mass is 10.2. The van der Waals surface area contributed by atoms with E-state index in [9.17, 15) is 13.2 Å². The van der Waals surface area contributed by atoms with Crippen LogP contribution in [0.1, 0.15) is 24.7 Å². The van der Waals surface area contributed by atoms with Crippen LogP contribution in [-0.2, 0) is 12.6 Å². The number of alkyl halides is 3. The summed E-state index contributed by atoms with van der Waals surface area (Å²) < 4.78 is 37.4. The van der Waals surface area contributed by atoms with Crippen molar-refractivity contribution in [3.63, 3.8) is 0 Å². The molecule has 7 heteroatoms. The molecule has 0 spiro atoms. The van der Waals surface area contributed by atoms with Gasteiger partial charge in [0.1, 0.15) is 17.5 Å². The SMILES string of the molecule is CCCc1nc(N)cc(Nc2ccc(C(F)(F)F)cc2)n1. The number of benzene rings is 1. The lowest BCUT2D eigenvalue weighted by molar-refractivity contribution is -0.137. The fourth-order valence-electron chi connectivity index (χ4n) is 1.81. The number of aromatic nitrogens is 2. The molecule has 0 aliphatic carbocycles. The fraction of sp³-hybridized carbons (Fsp3) is 0.286. The average Bonchev–Trinajstić information content (AvgIpc) is 2.38. The normalized spacial score (nSPS) is 11.4. The second-order valence-corrected chi connectivity index (χ2v) is 4.54. The Morgan fingerprint density at radius 3 is 2.38 bits per heavy atom. The number of hydrogen-bond donors (Lipinski definition) is 2. The Balaban J connectivity index is 2.18. The number of nitrogens with two attached hydrogens (primary N) is 1. The smallest absolute Gasteiger partial charge is 0.384 e. The quantitative estimate of drug-likeness (QED) is 0.901. The second-order valence-electron chi connectivity index (χ2n) is 4.54. The molecule has 0 bridgehead atoms. The molecule has 0 saturated carbocycles. The molecule has 2 aromatic rings. The maximum Gasteiger partial charge on any atom is 0.416 e. The van der Waals surface area contributed by atoms with Crippen molar-refractivity contribution in [2.24, 2.45) is 0 Å². The molecule has 0 atom stereocenters. The largest absolute Gasteiger partial charge is 0.416 e. The molecule has 1 heterocycles. The van der Waals surface area contributed by atoms with E-state index in [4.69, 9.17) is 5.73 Å². The van der Waals surface area contributed by atoms with Crippen molar-refractivity contribution in [1.29, 1.82) is 0 Å². The standard InChI is InChI=1S/C14H15F3N4/c1-2-3-12-20-11(18)8-13(21-12)19-10-6-4-9(5-7-10)14(15,16)17/h4-8H,2-3H2,1H3,(H3,18,19,20,21). The van der Waals surface area contributed by atoms with E-state index in [1.165, 1.54) is 18.2 Å². The van der Waals surface area contributed by atoms with Gasteiger partial charge in [-0.25, -0.2) is 9.97 Å². The van der Waals surface area contributed by atoms with E-state index >= 15 is 0 Å². The first-order chi connectivity index (χ1) is 9.88. The maximum absolute atomic E-state index is 12.5. The van der Waals surface area contributed by atoms with Crippen LogP contribution in [0.15, 0.2) is 30.3 Å². The molecular formula is C14H15F3N4. The predicted octanol–water partition coefficient (Wildman–Crippen LogP) is 3.77. The number of anilines is 3. The number of rotatable bonds is 4. The van der Waals surface area contributed by atoms with Gasteiger partial charge < -0.3 is 11.1 Å². The van der Waals surface area contributed by atoms with Crippen LogP contribution >= 0.6 is 0 Å². The van der Waals surface area contributed by atoms with Gasteiger partial charge in [-0.2, -0.15) is 13.2 Å². The van der Waals surface area contributed by atoms with Crippen molar-refractivity contribution in [2.45, 2.75) is 25.9 Å². The van der Waals surface area contributed by atoms with Crippen LogP contribution in [0.25, 0.3) is 0 Å². The predicted molar refractivity (Wildman–Crippen MR) is 75.2 cm³/mol. The Kier molecular flexibility index (Phi) is 4.30. The summed E-state index contributed by atoms with van der Waals surface area (Å²) in [7, 11) is 0. The highest BCUT2D eigenvalue weighted by molar-refractivity contribution is 5.58. The first-order valence-corrected chi connectivity index (χ1v) is 6.46. The van der Waals surface area contributed by atoms with Crippen LogP contribution in [0, 0.1) is 0 Å². The Hall–Kier alpha value is -2.31. The van der Waals surface area contributed by atoms with Gasteiger partial charge in [-0.3, -0.25) is 0 Å². The number of hydrogen-bond acceptors (Lipinski definition) is 4. The number of halogens is 3. The lowest BCUT2D eigenvalue weighted by Gasteiger charge is -2.10. The van der Waals surface area contributed by atoms with Crippen molar-refractivity contribution in [1.82, 2.24) is 9.97 Å². The summed E-state index contributed by atoms with van der Waals surface area (Å²) in [5.41, 5.74) is 5.50. The van der Waals surface area contributed by atoms with Crippen LogP contribution in [-0.4, -0.2) is 9.97 Å². The Morgan fingerprint density at radius 1 is 1.14 bits per heavy atom. The third-order valence-electron chi connectivity index (χ3n) is 2.75. The lowest BCUT2D eigenvalue weighted by Crippen LogP contribution is -2.05. The zero-order valence-corrected chi connectivity index (χ0v) is 11.4. The maximum atomic E-state index is 12.5. The van der Waals surface area contributed by atoms with E-state index in [-0.39, 0.29) is 0 Å². The monoisotopic (exact) mass is 296 g/mol. The van der Waals surface area contributed by atoms with E-state index in [0.717, 1.165) is 18.6 Å². The number of aryl methyl sites for hydroxylation is 1. The molecule has 2 rings (SSSR count). The molecule has 0 aliphatic rings. The molecule has 0 saturated heterocycles. The topological polar surface area (TPSA) is 63.8 Å². The van der Waals surface area contributed by atoms with Gasteiger partial charge in [0, 0.05) is 18.2 Å². The zero-order chi connectivity index (χ0) is 15.5. The van der Waals surface area contributed by atoms with Gasteiger partial charge in [-0.15, -0.1) is 0 Å². The summed E-state index contributed by atoms with van der Waals surface area (Å²) in [5.74, 6) is 1.39. The average molecular weight is 296 g/mol. The Morgan fingerprint density at radius 2 is 1.81 bits per heavy atom. The molecule has 0 radical (unpaired) electrons. The second kappa shape index (κ2) is 5.99.